The molecule has 0 atom stereocenters. The molecule has 6 nitrogen and oxygen atoms in total. The number of unbranched alkanes of at least 4 members (excludes halogenated alkanes) is 1. The van der Waals surface area contributed by atoms with Gasteiger partial charge in [0.25, 0.3) is 0 Å². The maximum Gasteiger partial charge on any atom is 0.214 e. The van der Waals surface area contributed by atoms with Crippen LogP contribution in [0.5, 0.6) is 0 Å². The maximum absolute atomic E-state index is 12.2. The topological polar surface area (TPSA) is 58.4 Å². The second-order valence-corrected chi connectivity index (χ2v) is 8.21. The molecule has 2 heterocycles. The van der Waals surface area contributed by atoms with Gasteiger partial charge in [0.05, 0.1) is 11.4 Å². The summed E-state index contributed by atoms with van der Waals surface area (Å²) >= 11 is 0. The molecule has 0 spiro atoms. The molecule has 1 aliphatic rings. The van der Waals surface area contributed by atoms with E-state index in [0.717, 1.165) is 38.2 Å². The van der Waals surface area contributed by atoms with Crippen LogP contribution in [0.3, 0.4) is 0 Å². The first-order valence-electron chi connectivity index (χ1n) is 8.04. The molecule has 1 saturated heterocycles. The van der Waals surface area contributed by atoms with Gasteiger partial charge in [-0.3, -0.25) is 9.58 Å². The molecule has 0 aromatic carbocycles. The monoisotopic (exact) mass is 328 g/mol. The molecular formula is C15H28N4O2S. The van der Waals surface area contributed by atoms with Gasteiger partial charge >= 0.3 is 0 Å². The van der Waals surface area contributed by atoms with E-state index >= 15 is 0 Å². The summed E-state index contributed by atoms with van der Waals surface area (Å²) < 4.78 is 28.0. The highest BCUT2D eigenvalue weighted by Gasteiger charge is 2.27. The zero-order valence-corrected chi connectivity index (χ0v) is 15.0. The van der Waals surface area contributed by atoms with Crippen LogP contribution in [-0.2, 0) is 23.6 Å². The third-order valence-corrected chi connectivity index (χ3v) is 6.48. The Bertz CT molecular complexity index is 601. The average Bonchev–Trinajstić information content (AvgIpc) is 2.72. The van der Waals surface area contributed by atoms with Crippen molar-refractivity contribution in [3.63, 3.8) is 0 Å². The summed E-state index contributed by atoms with van der Waals surface area (Å²) in [4.78, 5) is 2.32. The second kappa shape index (κ2) is 7.10. The molecule has 0 amide bonds. The lowest BCUT2D eigenvalue weighted by atomic mass is 10.1. The predicted molar refractivity (Wildman–Crippen MR) is 88.2 cm³/mol. The first kappa shape index (κ1) is 17.4. The Hall–Kier alpha value is -0.920. The van der Waals surface area contributed by atoms with Crippen molar-refractivity contribution in [3.05, 3.63) is 17.0 Å². The van der Waals surface area contributed by atoms with Crippen LogP contribution in [0.4, 0.5) is 0 Å². The summed E-state index contributed by atoms with van der Waals surface area (Å²) in [6.07, 6.45) is 1.66. The molecule has 1 aromatic heterocycles. The van der Waals surface area contributed by atoms with E-state index in [4.69, 9.17) is 0 Å². The first-order valence-corrected chi connectivity index (χ1v) is 9.65. The Morgan fingerprint density at radius 1 is 1.14 bits per heavy atom. The largest absolute Gasteiger partial charge is 0.296 e. The fourth-order valence-corrected chi connectivity index (χ4v) is 4.52. The summed E-state index contributed by atoms with van der Waals surface area (Å²) in [5.41, 5.74) is 3.53. The molecule has 7 heteroatoms. The van der Waals surface area contributed by atoms with E-state index in [1.54, 1.807) is 4.31 Å². The number of rotatable bonds is 6. The summed E-state index contributed by atoms with van der Waals surface area (Å²) in [5, 5.41) is 4.45. The van der Waals surface area contributed by atoms with Crippen molar-refractivity contribution >= 4 is 10.0 Å². The van der Waals surface area contributed by atoms with Crippen LogP contribution in [-0.4, -0.2) is 59.3 Å². The van der Waals surface area contributed by atoms with E-state index in [1.807, 2.05) is 25.6 Å². The molecule has 22 heavy (non-hydrogen) atoms. The van der Waals surface area contributed by atoms with Gasteiger partial charge in [-0.05, 0) is 20.3 Å². The molecular weight excluding hydrogens is 300 g/mol. The summed E-state index contributed by atoms with van der Waals surface area (Å²) in [6.45, 7) is 9.78. The average molecular weight is 328 g/mol. The van der Waals surface area contributed by atoms with E-state index in [-0.39, 0.29) is 5.75 Å². The minimum absolute atomic E-state index is 0.282. The number of piperazine rings is 1. The molecule has 0 bridgehead atoms. The molecule has 0 N–H and O–H groups in total. The molecule has 0 radical (unpaired) electrons. The lowest BCUT2D eigenvalue weighted by molar-refractivity contribution is 0.181. The van der Waals surface area contributed by atoms with Gasteiger partial charge < -0.3 is 0 Å². The van der Waals surface area contributed by atoms with Crippen molar-refractivity contribution in [1.82, 2.24) is 19.0 Å². The zero-order chi connectivity index (χ0) is 16.3. The molecule has 126 valence electrons. The fourth-order valence-electron chi connectivity index (χ4n) is 2.89. The van der Waals surface area contributed by atoms with E-state index in [0.29, 0.717) is 13.1 Å². The number of nitrogens with zero attached hydrogens (tertiary/aromatic N) is 4. The van der Waals surface area contributed by atoms with E-state index in [9.17, 15) is 8.42 Å². The first-order chi connectivity index (χ1) is 10.3. The van der Waals surface area contributed by atoms with Crippen molar-refractivity contribution in [2.45, 2.75) is 40.2 Å². The molecule has 0 unspecified atom stereocenters. The van der Waals surface area contributed by atoms with Gasteiger partial charge in [-0.15, -0.1) is 0 Å². The fraction of sp³-hybridized carbons (Fsp3) is 0.800. The van der Waals surface area contributed by atoms with Gasteiger partial charge in [0, 0.05) is 51.0 Å². The lowest BCUT2D eigenvalue weighted by Crippen LogP contribution is -2.48. The Morgan fingerprint density at radius 3 is 2.27 bits per heavy atom. The van der Waals surface area contributed by atoms with E-state index in [2.05, 4.69) is 16.9 Å². The van der Waals surface area contributed by atoms with Gasteiger partial charge in [-0.2, -0.15) is 9.40 Å². The molecule has 2 rings (SSSR count). The number of hydrogen-bond donors (Lipinski definition) is 0. The van der Waals surface area contributed by atoms with Crippen LogP contribution in [0.2, 0.25) is 0 Å². The van der Waals surface area contributed by atoms with Gasteiger partial charge in [-0.1, -0.05) is 13.3 Å². The number of sulfonamides is 1. The molecule has 1 aromatic rings. The van der Waals surface area contributed by atoms with Gasteiger partial charge in [0.15, 0.2) is 0 Å². The molecule has 1 fully saturated rings. The summed E-state index contributed by atoms with van der Waals surface area (Å²) in [7, 11) is -1.10. The predicted octanol–water partition coefficient (Wildman–Crippen LogP) is 1.28. The van der Waals surface area contributed by atoms with Crippen LogP contribution in [0.25, 0.3) is 0 Å². The van der Waals surface area contributed by atoms with Crippen molar-refractivity contribution in [2.24, 2.45) is 7.05 Å². The van der Waals surface area contributed by atoms with Gasteiger partial charge in [-0.25, -0.2) is 8.42 Å². The normalized spacial score (nSPS) is 18.0. The quantitative estimate of drug-likeness (QED) is 0.789. The van der Waals surface area contributed by atoms with Crippen LogP contribution in [0.1, 0.15) is 36.7 Å². The van der Waals surface area contributed by atoms with Crippen molar-refractivity contribution < 1.29 is 8.42 Å². The Balaban J connectivity index is 1.92. The van der Waals surface area contributed by atoms with Crippen LogP contribution in [0, 0.1) is 13.8 Å². The highest BCUT2D eigenvalue weighted by atomic mass is 32.2. The van der Waals surface area contributed by atoms with Crippen molar-refractivity contribution in [1.29, 1.82) is 0 Å². The molecule has 0 aliphatic carbocycles. The minimum Gasteiger partial charge on any atom is -0.296 e. The van der Waals surface area contributed by atoms with E-state index < -0.39 is 10.0 Å². The van der Waals surface area contributed by atoms with Crippen molar-refractivity contribution in [2.75, 3.05) is 31.9 Å². The van der Waals surface area contributed by atoms with Crippen LogP contribution >= 0.6 is 0 Å². The van der Waals surface area contributed by atoms with E-state index in [1.165, 1.54) is 11.3 Å². The minimum atomic E-state index is -3.06. The Morgan fingerprint density at radius 2 is 1.77 bits per heavy atom. The highest BCUT2D eigenvalue weighted by Crippen LogP contribution is 2.17. The van der Waals surface area contributed by atoms with Crippen molar-refractivity contribution in [3.8, 4) is 0 Å². The van der Waals surface area contributed by atoms with Crippen LogP contribution in [0.15, 0.2) is 0 Å². The third kappa shape index (κ3) is 3.88. The zero-order valence-electron chi connectivity index (χ0n) is 14.2. The van der Waals surface area contributed by atoms with Gasteiger partial charge in [0.2, 0.25) is 10.0 Å². The number of aromatic nitrogens is 2. The molecule has 0 saturated carbocycles. The summed E-state index contributed by atoms with van der Waals surface area (Å²) in [6, 6.07) is 0. The standard InChI is InChI=1S/C15H28N4O2S/c1-5-6-11-22(20,21)19-9-7-18(8-10-19)12-15-13(2)16-17(4)14(15)3/h5-12H2,1-4H3. The smallest absolute Gasteiger partial charge is 0.214 e. The Labute approximate surface area is 134 Å². The molecule has 1 aliphatic heterocycles. The Kier molecular flexibility index (Phi) is 5.63. The summed E-state index contributed by atoms with van der Waals surface area (Å²) in [5.74, 6) is 0.282. The SMILES string of the molecule is CCCCS(=O)(=O)N1CCN(Cc2c(C)nn(C)c2C)CC1. The third-order valence-electron chi connectivity index (χ3n) is 4.52. The van der Waals surface area contributed by atoms with Gasteiger partial charge in [0.1, 0.15) is 0 Å². The highest BCUT2D eigenvalue weighted by molar-refractivity contribution is 7.89. The lowest BCUT2D eigenvalue weighted by Gasteiger charge is -2.34. The van der Waals surface area contributed by atoms with Crippen LogP contribution < -0.4 is 0 Å². The maximum atomic E-state index is 12.2. The second-order valence-electron chi connectivity index (χ2n) is 6.12. The number of hydrogen-bond acceptors (Lipinski definition) is 4. The number of aryl methyl sites for hydroxylation is 2.